The summed E-state index contributed by atoms with van der Waals surface area (Å²) in [5, 5.41) is 8.74. The molecule has 1 unspecified atom stereocenters. The van der Waals surface area contributed by atoms with Crippen molar-refractivity contribution in [3.05, 3.63) is 23.5 Å². The molecule has 2 aliphatic heterocycles. The molecule has 34 heavy (non-hydrogen) atoms. The first-order chi connectivity index (χ1) is 16.1. The standard InChI is InChI=1S/C24H36N6O3S/c1-7-17-21(27(6)23(34)25-8-2)19-13-18(16(3)14-30(19)26-17)28-9-11-29(12-10-28)22(31)20-15-32-24(4,5)33-20/h13-14,20H,7-12,15H2,1-6H3,(H,25,34). The van der Waals surface area contributed by atoms with Gasteiger partial charge in [0.25, 0.3) is 5.91 Å². The zero-order chi connectivity index (χ0) is 24.6. The number of nitrogens with zero attached hydrogens (tertiary/aromatic N) is 5. The van der Waals surface area contributed by atoms with E-state index in [1.165, 1.54) is 0 Å². The fraction of sp³-hybridized carbons (Fsp3) is 0.625. The van der Waals surface area contributed by atoms with E-state index in [9.17, 15) is 4.79 Å². The summed E-state index contributed by atoms with van der Waals surface area (Å²) in [7, 11) is 1.99. The Labute approximate surface area is 207 Å². The van der Waals surface area contributed by atoms with Crippen LogP contribution < -0.4 is 15.1 Å². The fourth-order valence-electron chi connectivity index (χ4n) is 4.71. The maximum atomic E-state index is 12.9. The lowest BCUT2D eigenvalue weighted by Gasteiger charge is -2.37. The van der Waals surface area contributed by atoms with Gasteiger partial charge in [0.05, 0.1) is 23.5 Å². The predicted molar refractivity (Wildman–Crippen MR) is 138 cm³/mol. The van der Waals surface area contributed by atoms with Gasteiger partial charge in [0, 0.05) is 51.7 Å². The van der Waals surface area contributed by atoms with Gasteiger partial charge in [-0.15, -0.1) is 0 Å². The number of carbonyl (C=O) groups is 1. The summed E-state index contributed by atoms with van der Waals surface area (Å²) >= 11 is 5.59. The zero-order valence-corrected chi connectivity index (χ0v) is 21.9. The molecule has 2 aliphatic rings. The molecule has 0 radical (unpaired) electrons. The first-order valence-electron chi connectivity index (χ1n) is 12.0. The van der Waals surface area contributed by atoms with E-state index in [4.69, 9.17) is 26.8 Å². The highest BCUT2D eigenvalue weighted by Gasteiger charge is 2.39. The van der Waals surface area contributed by atoms with Gasteiger partial charge in [-0.3, -0.25) is 4.79 Å². The number of aryl methyl sites for hydroxylation is 2. The van der Waals surface area contributed by atoms with Crippen molar-refractivity contribution < 1.29 is 14.3 Å². The number of piperazine rings is 1. The maximum absolute atomic E-state index is 12.9. The van der Waals surface area contributed by atoms with Crippen LogP contribution in [-0.2, 0) is 20.7 Å². The SMILES string of the molecule is CCNC(=S)N(C)c1c(CC)nn2cc(C)c(N3CCN(C(=O)C4COC(C)(C)O4)CC3)cc12. The van der Waals surface area contributed by atoms with Crippen LogP contribution in [0.15, 0.2) is 12.3 Å². The molecule has 1 N–H and O–H groups in total. The number of nitrogens with one attached hydrogen (secondary N) is 1. The lowest BCUT2D eigenvalue weighted by molar-refractivity contribution is -0.160. The van der Waals surface area contributed by atoms with Gasteiger partial charge in [-0.1, -0.05) is 6.92 Å². The van der Waals surface area contributed by atoms with Crippen molar-refractivity contribution in [1.29, 1.82) is 0 Å². The Hall–Kier alpha value is -2.43. The van der Waals surface area contributed by atoms with Crippen LogP contribution in [0.5, 0.6) is 0 Å². The average molecular weight is 489 g/mol. The molecule has 9 nitrogen and oxygen atoms in total. The second kappa shape index (κ2) is 9.67. The van der Waals surface area contributed by atoms with Gasteiger partial charge < -0.3 is 29.5 Å². The predicted octanol–water partition coefficient (Wildman–Crippen LogP) is 2.34. The van der Waals surface area contributed by atoms with Crippen molar-refractivity contribution in [3.63, 3.8) is 0 Å². The quantitative estimate of drug-likeness (QED) is 0.643. The Morgan fingerprint density at radius 3 is 2.59 bits per heavy atom. The summed E-state index contributed by atoms with van der Waals surface area (Å²) in [6.07, 6.45) is 2.38. The minimum atomic E-state index is -0.697. The van der Waals surface area contributed by atoms with Crippen LogP contribution >= 0.6 is 12.2 Å². The Bertz CT molecular complexity index is 1080. The van der Waals surface area contributed by atoms with Crippen molar-refractivity contribution in [1.82, 2.24) is 19.8 Å². The van der Waals surface area contributed by atoms with Crippen molar-refractivity contribution in [2.45, 2.75) is 52.9 Å². The maximum Gasteiger partial charge on any atom is 0.254 e. The van der Waals surface area contributed by atoms with Crippen LogP contribution in [-0.4, -0.2) is 83.8 Å². The normalized spacial score (nSPS) is 20.1. The van der Waals surface area contributed by atoms with Crippen molar-refractivity contribution in [3.8, 4) is 0 Å². The number of thiocarbonyl (C=S) groups is 1. The highest BCUT2D eigenvalue weighted by atomic mass is 32.1. The first kappa shape index (κ1) is 24.7. The summed E-state index contributed by atoms with van der Waals surface area (Å²) < 4.78 is 13.3. The number of rotatable bonds is 5. The van der Waals surface area contributed by atoms with E-state index in [0.717, 1.165) is 54.2 Å². The molecule has 4 heterocycles. The number of anilines is 2. The minimum absolute atomic E-state index is 0.0154. The van der Waals surface area contributed by atoms with E-state index in [2.05, 4.69) is 36.3 Å². The van der Waals surface area contributed by atoms with Crippen molar-refractivity contribution in [2.24, 2.45) is 0 Å². The molecule has 0 saturated carbocycles. The topological polar surface area (TPSA) is 74.6 Å². The molecule has 1 atom stereocenters. The fourth-order valence-corrected chi connectivity index (χ4v) is 4.94. The summed E-state index contributed by atoms with van der Waals surface area (Å²) in [5.41, 5.74) is 5.38. The second-order valence-corrected chi connectivity index (χ2v) is 9.73. The third-order valence-corrected chi connectivity index (χ3v) is 6.92. The van der Waals surface area contributed by atoms with E-state index in [0.29, 0.717) is 24.8 Å². The number of carbonyl (C=O) groups excluding carboxylic acids is 1. The van der Waals surface area contributed by atoms with Crippen LogP contribution in [0.1, 0.15) is 39.0 Å². The Morgan fingerprint density at radius 2 is 2.00 bits per heavy atom. The van der Waals surface area contributed by atoms with Crippen molar-refractivity contribution >= 4 is 40.1 Å². The van der Waals surface area contributed by atoms with E-state index in [1.807, 2.05) is 42.1 Å². The summed E-state index contributed by atoms with van der Waals surface area (Å²) in [6.45, 7) is 13.8. The molecule has 0 aliphatic carbocycles. The van der Waals surface area contributed by atoms with Crippen LogP contribution in [0.2, 0.25) is 0 Å². The van der Waals surface area contributed by atoms with Crippen molar-refractivity contribution in [2.75, 3.05) is 56.2 Å². The molecule has 4 rings (SSSR count). The van der Waals surface area contributed by atoms with Gasteiger partial charge in [0.1, 0.15) is 0 Å². The van der Waals surface area contributed by atoms with Crippen LogP contribution in [0, 0.1) is 6.92 Å². The molecule has 0 bridgehead atoms. The van der Waals surface area contributed by atoms with E-state index < -0.39 is 11.9 Å². The Kier molecular flexibility index (Phi) is 7.02. The van der Waals surface area contributed by atoms with Gasteiger partial charge in [0.15, 0.2) is 17.0 Å². The van der Waals surface area contributed by atoms with E-state index in [1.54, 1.807) is 0 Å². The molecule has 2 fully saturated rings. The number of amides is 1. The number of ether oxygens (including phenoxy) is 2. The molecular weight excluding hydrogens is 452 g/mol. The summed E-state index contributed by atoms with van der Waals surface area (Å²) in [6, 6.07) is 2.20. The minimum Gasteiger partial charge on any atom is -0.368 e. The third kappa shape index (κ3) is 4.71. The molecule has 186 valence electrons. The smallest absolute Gasteiger partial charge is 0.254 e. The lowest BCUT2D eigenvalue weighted by atomic mass is 10.1. The molecular formula is C24H36N6O3S. The highest BCUT2D eigenvalue weighted by Crippen LogP contribution is 2.32. The first-order valence-corrected chi connectivity index (χ1v) is 12.4. The number of hydrogen-bond acceptors (Lipinski definition) is 6. The summed E-state index contributed by atoms with van der Waals surface area (Å²) in [4.78, 5) is 19.2. The lowest BCUT2D eigenvalue weighted by Crippen LogP contribution is -2.52. The number of fused-ring (bicyclic) bond motifs is 1. The van der Waals surface area contributed by atoms with Gasteiger partial charge in [0.2, 0.25) is 0 Å². The number of pyridine rings is 1. The number of aromatic nitrogens is 2. The Balaban J connectivity index is 1.54. The molecule has 0 aromatic carbocycles. The molecule has 1 amide bonds. The molecule has 0 spiro atoms. The van der Waals surface area contributed by atoms with Crippen LogP contribution in [0.25, 0.3) is 5.52 Å². The number of hydrogen-bond donors (Lipinski definition) is 1. The molecule has 2 aromatic heterocycles. The highest BCUT2D eigenvalue weighted by molar-refractivity contribution is 7.80. The van der Waals surface area contributed by atoms with Gasteiger partial charge in [-0.2, -0.15) is 5.10 Å². The monoisotopic (exact) mass is 488 g/mol. The third-order valence-electron chi connectivity index (χ3n) is 6.50. The summed E-state index contributed by atoms with van der Waals surface area (Å²) in [5.74, 6) is -0.682. The second-order valence-electron chi connectivity index (χ2n) is 9.34. The molecule has 2 saturated heterocycles. The van der Waals surface area contributed by atoms with Gasteiger partial charge in [-0.05, 0) is 58.0 Å². The van der Waals surface area contributed by atoms with Crippen LogP contribution in [0.3, 0.4) is 0 Å². The average Bonchev–Trinajstić information content (AvgIpc) is 3.36. The van der Waals surface area contributed by atoms with Gasteiger partial charge >= 0.3 is 0 Å². The molecule has 2 aromatic rings. The van der Waals surface area contributed by atoms with Gasteiger partial charge in [-0.25, -0.2) is 4.52 Å². The van der Waals surface area contributed by atoms with E-state index in [-0.39, 0.29) is 5.91 Å². The Morgan fingerprint density at radius 1 is 1.29 bits per heavy atom. The van der Waals surface area contributed by atoms with E-state index >= 15 is 0 Å². The zero-order valence-electron chi connectivity index (χ0n) is 21.1. The largest absolute Gasteiger partial charge is 0.368 e. The molecule has 10 heteroatoms. The van der Waals surface area contributed by atoms with Crippen LogP contribution in [0.4, 0.5) is 11.4 Å².